The van der Waals surface area contributed by atoms with Crippen LogP contribution in [-0.4, -0.2) is 20.8 Å². The normalized spacial score (nSPS) is 16.3. The van der Waals surface area contributed by atoms with Crippen molar-refractivity contribution >= 4 is 28.7 Å². The van der Waals surface area contributed by atoms with Crippen LogP contribution < -0.4 is 11.3 Å². The Kier molecular flexibility index (Phi) is 3.99. The number of rotatable bonds is 2. The van der Waals surface area contributed by atoms with Gasteiger partial charge in [0.25, 0.3) is 5.56 Å². The Bertz CT molecular complexity index is 976. The van der Waals surface area contributed by atoms with E-state index in [0.717, 1.165) is 5.69 Å². The number of nitrogens with zero attached hydrogens (tertiary/aromatic N) is 3. The van der Waals surface area contributed by atoms with Crippen molar-refractivity contribution in [3.8, 4) is 5.69 Å². The van der Waals surface area contributed by atoms with Gasteiger partial charge in [-0.25, -0.2) is 9.67 Å². The number of aliphatic imine (C=N–C) groups is 1. The first-order chi connectivity index (χ1) is 11.4. The van der Waals surface area contributed by atoms with Crippen LogP contribution in [0.4, 0.5) is 5.69 Å². The molecule has 3 N–H and O–H groups in total. The van der Waals surface area contributed by atoms with E-state index in [1.807, 2.05) is 37.3 Å². The van der Waals surface area contributed by atoms with Gasteiger partial charge in [0.15, 0.2) is 5.69 Å². The van der Waals surface area contributed by atoms with Crippen LogP contribution in [0.15, 0.2) is 63.0 Å². The Labute approximate surface area is 143 Å². The Hall–Kier alpha value is -2.86. The van der Waals surface area contributed by atoms with E-state index >= 15 is 0 Å². The van der Waals surface area contributed by atoms with Crippen LogP contribution in [0.1, 0.15) is 5.69 Å². The van der Waals surface area contributed by atoms with Gasteiger partial charge in [-0.2, -0.15) is 0 Å². The number of para-hydroxylation sites is 1. The Morgan fingerprint density at radius 3 is 2.54 bits per heavy atom. The third kappa shape index (κ3) is 2.61. The van der Waals surface area contributed by atoms with E-state index in [9.17, 15) is 4.79 Å². The summed E-state index contributed by atoms with van der Waals surface area (Å²) in [5, 5.41) is 7.88. The van der Waals surface area contributed by atoms with E-state index < -0.39 is 0 Å². The molecule has 0 aliphatic heterocycles. The smallest absolute Gasteiger partial charge is 0.297 e. The summed E-state index contributed by atoms with van der Waals surface area (Å²) in [6, 6.07) is 9.33. The maximum Gasteiger partial charge on any atom is 0.297 e. The number of hydrogen-bond acceptors (Lipinski definition) is 4. The maximum atomic E-state index is 12.8. The summed E-state index contributed by atoms with van der Waals surface area (Å²) in [5.74, 6) is 0. The van der Waals surface area contributed by atoms with E-state index in [-0.39, 0.29) is 16.3 Å². The van der Waals surface area contributed by atoms with Gasteiger partial charge in [-0.1, -0.05) is 29.8 Å². The van der Waals surface area contributed by atoms with Gasteiger partial charge in [0.2, 0.25) is 0 Å². The predicted octanol–water partition coefficient (Wildman–Crippen LogP) is 2.56. The number of halogens is 1. The number of benzene rings is 1. The average molecular weight is 342 g/mol. The molecule has 3 rings (SSSR count). The fraction of sp³-hybridized carbons (Fsp3) is 0.118. The van der Waals surface area contributed by atoms with Gasteiger partial charge in [0, 0.05) is 7.05 Å². The van der Waals surface area contributed by atoms with E-state index in [1.54, 1.807) is 16.4 Å². The summed E-state index contributed by atoms with van der Waals surface area (Å²) < 4.78 is 3.29. The fourth-order valence-corrected chi connectivity index (χ4v) is 2.64. The predicted molar refractivity (Wildman–Crippen MR) is 96.8 cm³/mol. The van der Waals surface area contributed by atoms with Crippen LogP contribution in [0, 0.1) is 12.3 Å². The average Bonchev–Trinajstić information content (AvgIpc) is 2.77. The van der Waals surface area contributed by atoms with Gasteiger partial charge in [-0.3, -0.25) is 14.9 Å². The number of aromatic nitrogens is 2. The lowest BCUT2D eigenvalue weighted by Gasteiger charge is -2.09. The minimum absolute atomic E-state index is 0.125. The first-order valence-corrected chi connectivity index (χ1v) is 7.64. The molecule has 122 valence electrons. The second kappa shape index (κ2) is 5.98. The lowest BCUT2D eigenvalue weighted by Crippen LogP contribution is -2.20. The molecular formula is C17H16ClN5O. The summed E-state index contributed by atoms with van der Waals surface area (Å²) in [4.78, 5) is 17.2. The molecule has 0 bridgehead atoms. The van der Waals surface area contributed by atoms with Crippen LogP contribution in [0.2, 0.25) is 0 Å². The van der Waals surface area contributed by atoms with Crippen LogP contribution in [0.5, 0.6) is 0 Å². The molecule has 24 heavy (non-hydrogen) atoms. The number of allylic oxidation sites excluding steroid dienone is 3. The highest BCUT2D eigenvalue weighted by molar-refractivity contribution is 6.48. The second-order valence-electron chi connectivity index (χ2n) is 5.41. The molecule has 1 heterocycles. The highest BCUT2D eigenvalue weighted by Crippen LogP contribution is 2.20. The molecule has 7 heteroatoms. The molecular weight excluding hydrogens is 326 g/mol. The summed E-state index contributed by atoms with van der Waals surface area (Å²) in [5.41, 5.74) is 8.22. The second-order valence-corrected chi connectivity index (χ2v) is 5.82. The van der Waals surface area contributed by atoms with Crippen molar-refractivity contribution in [3.05, 3.63) is 69.3 Å². The molecule has 6 nitrogen and oxygen atoms in total. The maximum absolute atomic E-state index is 12.8. The largest absolute Gasteiger partial charge is 0.397 e. The summed E-state index contributed by atoms with van der Waals surface area (Å²) in [7, 11) is 1.80. The van der Waals surface area contributed by atoms with Crippen molar-refractivity contribution in [2.75, 3.05) is 0 Å². The third-order valence-corrected chi connectivity index (χ3v) is 4.19. The first kappa shape index (κ1) is 16.0. The zero-order valence-electron chi connectivity index (χ0n) is 13.2. The number of nitrogens with one attached hydrogen (secondary N) is 1. The summed E-state index contributed by atoms with van der Waals surface area (Å²) >= 11 is 5.97. The molecule has 1 aliphatic rings. The minimum Gasteiger partial charge on any atom is -0.397 e. The molecule has 1 aromatic carbocycles. The molecule has 2 aromatic rings. The Morgan fingerprint density at radius 2 is 1.88 bits per heavy atom. The Balaban J connectivity index is 2.18. The van der Waals surface area contributed by atoms with Gasteiger partial charge in [-0.15, -0.1) is 0 Å². The van der Waals surface area contributed by atoms with Gasteiger partial charge < -0.3 is 5.73 Å². The molecule has 1 aromatic heterocycles. The highest BCUT2D eigenvalue weighted by atomic mass is 35.5. The molecule has 0 saturated heterocycles. The van der Waals surface area contributed by atoms with Gasteiger partial charge >= 0.3 is 0 Å². The van der Waals surface area contributed by atoms with Gasteiger partial charge in [0.1, 0.15) is 0 Å². The quantitative estimate of drug-likeness (QED) is 0.822. The minimum atomic E-state index is -0.244. The lowest BCUT2D eigenvalue weighted by molar-refractivity contribution is 0.630. The first-order valence-electron chi connectivity index (χ1n) is 7.26. The lowest BCUT2D eigenvalue weighted by atomic mass is 10.1. The zero-order chi connectivity index (χ0) is 17.4. The molecule has 0 unspecified atom stereocenters. The topological polar surface area (TPSA) is 89.2 Å². The van der Waals surface area contributed by atoms with E-state index in [4.69, 9.17) is 22.7 Å². The van der Waals surface area contributed by atoms with Crippen molar-refractivity contribution in [1.82, 2.24) is 9.36 Å². The van der Waals surface area contributed by atoms with Crippen molar-refractivity contribution in [2.45, 2.75) is 6.92 Å². The molecule has 0 spiro atoms. The molecule has 0 amide bonds. The Morgan fingerprint density at radius 1 is 1.21 bits per heavy atom. The van der Waals surface area contributed by atoms with Crippen LogP contribution in [0.3, 0.4) is 0 Å². The number of hydrogen-bond donors (Lipinski definition) is 2. The summed E-state index contributed by atoms with van der Waals surface area (Å²) in [6.45, 7) is 1.82. The molecule has 0 fully saturated rings. The van der Waals surface area contributed by atoms with E-state index in [0.29, 0.717) is 22.8 Å². The van der Waals surface area contributed by atoms with Gasteiger partial charge in [0.05, 0.1) is 33.5 Å². The monoisotopic (exact) mass is 341 g/mol. The standard InChI is InChI=1S/C17H16ClN5O/c1-10-16(21-15-8-12(18)13(19)9-14(15)20)17(24)23(22(10)2)11-6-4-3-5-7-11/h3-9,19H,20H2,1-2H3/b19-13?,21-15+. The van der Waals surface area contributed by atoms with Crippen molar-refractivity contribution < 1.29 is 0 Å². The SMILES string of the molecule is Cc1c(/N=C2\C=C(Cl)C(=N)C=C2N)c(=O)n(-c2ccccc2)n1C. The van der Waals surface area contributed by atoms with E-state index in [1.165, 1.54) is 12.2 Å². The van der Waals surface area contributed by atoms with E-state index in [2.05, 4.69) is 4.99 Å². The van der Waals surface area contributed by atoms with Crippen LogP contribution >= 0.6 is 11.6 Å². The molecule has 0 atom stereocenters. The molecule has 1 aliphatic carbocycles. The number of nitrogens with two attached hydrogens (primary N) is 1. The van der Waals surface area contributed by atoms with Crippen molar-refractivity contribution in [2.24, 2.45) is 17.8 Å². The van der Waals surface area contributed by atoms with Crippen LogP contribution in [-0.2, 0) is 7.05 Å². The van der Waals surface area contributed by atoms with Crippen molar-refractivity contribution in [1.29, 1.82) is 5.41 Å². The fourth-order valence-electron chi connectivity index (χ4n) is 2.48. The third-order valence-electron chi connectivity index (χ3n) is 3.87. The highest BCUT2D eigenvalue weighted by Gasteiger charge is 2.18. The zero-order valence-corrected chi connectivity index (χ0v) is 14.0. The molecule has 0 saturated carbocycles. The molecule has 0 radical (unpaired) electrons. The van der Waals surface area contributed by atoms with Crippen molar-refractivity contribution in [3.63, 3.8) is 0 Å². The summed E-state index contributed by atoms with van der Waals surface area (Å²) in [6.07, 6.45) is 2.92. The van der Waals surface area contributed by atoms with Gasteiger partial charge in [-0.05, 0) is 31.2 Å². The van der Waals surface area contributed by atoms with Crippen LogP contribution in [0.25, 0.3) is 5.69 Å².